The minimum Gasteiger partial charge on any atom is -0.489 e. The van der Waals surface area contributed by atoms with Crippen LogP contribution >= 0.6 is 0 Å². The Balaban J connectivity index is 1.37. The molecule has 0 saturated carbocycles. The Hall–Kier alpha value is -4.18. The Morgan fingerprint density at radius 1 is 0.806 bits per heavy atom. The van der Waals surface area contributed by atoms with E-state index < -0.39 is 0 Å². The Kier molecular flexibility index (Phi) is 5.03. The van der Waals surface area contributed by atoms with Crippen LogP contribution in [0.2, 0.25) is 0 Å². The van der Waals surface area contributed by atoms with E-state index >= 15 is 0 Å². The summed E-state index contributed by atoms with van der Waals surface area (Å²) < 4.78 is 7.75. The van der Waals surface area contributed by atoms with Gasteiger partial charge in [-0.25, -0.2) is 4.68 Å². The first kappa shape index (κ1) is 18.8. The van der Waals surface area contributed by atoms with Gasteiger partial charge in [0, 0.05) is 11.8 Å². The van der Waals surface area contributed by atoms with E-state index in [4.69, 9.17) is 4.74 Å². The molecule has 4 nitrogen and oxygen atoms in total. The number of aromatic nitrogens is 2. The van der Waals surface area contributed by atoms with Crippen molar-refractivity contribution in [3.8, 4) is 22.7 Å². The van der Waals surface area contributed by atoms with Gasteiger partial charge < -0.3 is 4.74 Å². The highest BCUT2D eigenvalue weighted by Gasteiger charge is 2.12. The predicted molar refractivity (Wildman–Crippen MR) is 123 cm³/mol. The number of para-hydroxylation sites is 1. The van der Waals surface area contributed by atoms with E-state index in [-0.39, 0.29) is 0 Å². The number of ether oxygens (including phenoxy) is 1. The molecule has 0 atom stereocenters. The molecule has 1 aromatic heterocycles. The fourth-order valence-corrected chi connectivity index (χ4v) is 3.70. The number of nitrogens with zero attached hydrogens (tertiary/aromatic N) is 2. The fraction of sp³-hybridized carbons (Fsp3) is 0.0370. The second-order valence-corrected chi connectivity index (χ2v) is 7.28. The van der Waals surface area contributed by atoms with E-state index in [9.17, 15) is 4.79 Å². The second-order valence-electron chi connectivity index (χ2n) is 7.28. The van der Waals surface area contributed by atoms with Crippen molar-refractivity contribution < 1.29 is 9.53 Å². The van der Waals surface area contributed by atoms with Gasteiger partial charge in [-0.15, -0.1) is 0 Å². The van der Waals surface area contributed by atoms with Crippen LogP contribution in [0.25, 0.3) is 27.7 Å². The summed E-state index contributed by atoms with van der Waals surface area (Å²) in [5.41, 5.74) is 4.13. The van der Waals surface area contributed by atoms with Gasteiger partial charge in [0.05, 0.1) is 11.3 Å². The molecule has 0 aliphatic carbocycles. The lowest BCUT2D eigenvalue weighted by atomic mass is 10.1. The molecule has 0 aliphatic heterocycles. The molecule has 0 spiro atoms. The Morgan fingerprint density at radius 3 is 2.35 bits per heavy atom. The SMILES string of the molecule is O=Cc1cn(-c2ccccc2)nc1-c1ccc(OCc2cccc3ccccc23)cc1. The molecular formula is C27H20N2O2. The van der Waals surface area contributed by atoms with Gasteiger partial charge in [-0.3, -0.25) is 4.79 Å². The standard InChI is InChI=1S/C27H20N2O2/c30-18-23-17-29(24-10-2-1-3-11-24)28-27(23)21-13-15-25(16-14-21)31-19-22-9-6-8-20-7-4-5-12-26(20)22/h1-18H,19H2. The van der Waals surface area contributed by atoms with E-state index in [1.807, 2.05) is 72.8 Å². The largest absolute Gasteiger partial charge is 0.489 e. The molecule has 0 aliphatic rings. The summed E-state index contributed by atoms with van der Waals surface area (Å²) in [5, 5.41) is 7.02. The summed E-state index contributed by atoms with van der Waals surface area (Å²) in [6.45, 7) is 0.489. The molecule has 0 amide bonds. The van der Waals surface area contributed by atoms with Crippen molar-refractivity contribution in [3.05, 3.63) is 114 Å². The first-order chi connectivity index (χ1) is 15.3. The molecule has 5 aromatic rings. The Labute approximate surface area is 180 Å². The third-order valence-corrected chi connectivity index (χ3v) is 5.29. The highest BCUT2D eigenvalue weighted by Crippen LogP contribution is 2.26. The minimum atomic E-state index is 0.489. The molecule has 0 radical (unpaired) electrons. The van der Waals surface area contributed by atoms with Crippen molar-refractivity contribution in [2.45, 2.75) is 6.61 Å². The Morgan fingerprint density at radius 2 is 1.55 bits per heavy atom. The number of hydrogen-bond donors (Lipinski definition) is 0. The summed E-state index contributed by atoms with van der Waals surface area (Å²) in [5.74, 6) is 0.770. The number of carbonyl (C=O) groups is 1. The highest BCUT2D eigenvalue weighted by atomic mass is 16.5. The summed E-state index contributed by atoms with van der Waals surface area (Å²) >= 11 is 0. The third kappa shape index (κ3) is 3.83. The maximum Gasteiger partial charge on any atom is 0.153 e. The van der Waals surface area contributed by atoms with Gasteiger partial charge in [-0.1, -0.05) is 60.7 Å². The van der Waals surface area contributed by atoms with Crippen molar-refractivity contribution in [1.29, 1.82) is 0 Å². The number of aldehydes is 1. The quantitative estimate of drug-likeness (QED) is 0.322. The summed E-state index contributed by atoms with van der Waals surface area (Å²) in [7, 11) is 0. The van der Waals surface area contributed by atoms with E-state index in [1.54, 1.807) is 10.9 Å². The number of rotatable bonds is 6. The van der Waals surface area contributed by atoms with Gasteiger partial charge in [0.25, 0.3) is 0 Å². The molecule has 0 saturated heterocycles. The smallest absolute Gasteiger partial charge is 0.153 e. The van der Waals surface area contributed by atoms with Gasteiger partial charge >= 0.3 is 0 Å². The van der Waals surface area contributed by atoms with Gasteiger partial charge in [-0.2, -0.15) is 5.10 Å². The molecule has 31 heavy (non-hydrogen) atoms. The lowest BCUT2D eigenvalue weighted by molar-refractivity contribution is 0.112. The van der Waals surface area contributed by atoms with Crippen LogP contribution in [0.3, 0.4) is 0 Å². The number of carbonyl (C=O) groups excluding carboxylic acids is 1. The molecule has 5 rings (SSSR count). The van der Waals surface area contributed by atoms with Crippen LogP contribution < -0.4 is 4.74 Å². The van der Waals surface area contributed by atoms with E-state index in [2.05, 4.69) is 29.4 Å². The van der Waals surface area contributed by atoms with Gasteiger partial charge in [0.2, 0.25) is 0 Å². The molecule has 150 valence electrons. The number of hydrogen-bond acceptors (Lipinski definition) is 3. The van der Waals surface area contributed by atoms with Gasteiger partial charge in [0.1, 0.15) is 18.1 Å². The minimum absolute atomic E-state index is 0.489. The van der Waals surface area contributed by atoms with Crippen LogP contribution in [0.5, 0.6) is 5.75 Å². The van der Waals surface area contributed by atoms with Crippen molar-refractivity contribution in [3.63, 3.8) is 0 Å². The van der Waals surface area contributed by atoms with Crippen molar-refractivity contribution >= 4 is 17.1 Å². The number of benzene rings is 4. The van der Waals surface area contributed by atoms with Gasteiger partial charge in [-0.05, 0) is 52.7 Å². The fourth-order valence-electron chi connectivity index (χ4n) is 3.70. The molecule has 0 N–H and O–H groups in total. The molecule has 1 heterocycles. The zero-order valence-corrected chi connectivity index (χ0v) is 16.8. The Bertz CT molecular complexity index is 1330. The molecular weight excluding hydrogens is 384 g/mol. The summed E-state index contributed by atoms with van der Waals surface area (Å²) in [4.78, 5) is 11.6. The van der Waals surface area contributed by atoms with Crippen LogP contribution in [0, 0.1) is 0 Å². The van der Waals surface area contributed by atoms with Crippen LogP contribution in [-0.4, -0.2) is 16.1 Å². The topological polar surface area (TPSA) is 44.1 Å². The van der Waals surface area contributed by atoms with Crippen LogP contribution in [-0.2, 0) is 6.61 Å². The highest BCUT2D eigenvalue weighted by molar-refractivity contribution is 5.86. The van der Waals surface area contributed by atoms with Gasteiger partial charge in [0.15, 0.2) is 6.29 Å². The zero-order chi connectivity index (χ0) is 21.0. The summed E-state index contributed by atoms with van der Waals surface area (Å²) in [6, 6.07) is 32.0. The van der Waals surface area contributed by atoms with E-state index in [0.717, 1.165) is 28.8 Å². The van der Waals surface area contributed by atoms with Crippen LogP contribution in [0.1, 0.15) is 15.9 Å². The van der Waals surface area contributed by atoms with Crippen molar-refractivity contribution in [2.75, 3.05) is 0 Å². The monoisotopic (exact) mass is 404 g/mol. The first-order valence-electron chi connectivity index (χ1n) is 10.1. The second kappa shape index (κ2) is 8.28. The van der Waals surface area contributed by atoms with E-state index in [0.29, 0.717) is 17.9 Å². The normalized spacial score (nSPS) is 10.8. The van der Waals surface area contributed by atoms with Crippen molar-refractivity contribution in [2.24, 2.45) is 0 Å². The van der Waals surface area contributed by atoms with E-state index in [1.165, 1.54) is 10.8 Å². The molecule has 4 heteroatoms. The average molecular weight is 404 g/mol. The summed E-state index contributed by atoms with van der Waals surface area (Å²) in [6.07, 6.45) is 2.59. The molecule has 0 unspecified atom stereocenters. The zero-order valence-electron chi connectivity index (χ0n) is 16.8. The lowest BCUT2D eigenvalue weighted by Gasteiger charge is -2.09. The maximum atomic E-state index is 11.6. The average Bonchev–Trinajstić information content (AvgIpc) is 3.28. The predicted octanol–water partition coefficient (Wildman–Crippen LogP) is 6.08. The van der Waals surface area contributed by atoms with Crippen molar-refractivity contribution in [1.82, 2.24) is 9.78 Å². The molecule has 4 aromatic carbocycles. The first-order valence-corrected chi connectivity index (χ1v) is 10.1. The molecule has 0 bridgehead atoms. The third-order valence-electron chi connectivity index (χ3n) is 5.29. The van der Waals surface area contributed by atoms with Crippen LogP contribution in [0.15, 0.2) is 103 Å². The maximum absolute atomic E-state index is 11.6. The lowest BCUT2D eigenvalue weighted by Crippen LogP contribution is -1.96. The molecule has 0 fully saturated rings. The number of fused-ring (bicyclic) bond motifs is 1. The van der Waals surface area contributed by atoms with Crippen LogP contribution in [0.4, 0.5) is 0 Å².